The van der Waals surface area contributed by atoms with E-state index in [0.29, 0.717) is 10.7 Å². The smallest absolute Gasteiger partial charge is 0.365 e. The molecule has 1 heterocycles. The van der Waals surface area contributed by atoms with Crippen molar-refractivity contribution in [3.05, 3.63) is 16.1 Å². The summed E-state index contributed by atoms with van der Waals surface area (Å²) in [5.74, 6) is 0. The normalized spacial score (nSPS) is 14.2. The van der Waals surface area contributed by atoms with Gasteiger partial charge in [0.25, 0.3) is 0 Å². The molecule has 15 heavy (non-hydrogen) atoms. The number of alkyl halides is 3. The van der Waals surface area contributed by atoms with Crippen LogP contribution < -0.4 is 5.73 Å². The number of ether oxygens (including phenoxy) is 1. The lowest BCUT2D eigenvalue weighted by molar-refractivity contribution is -0.176. The van der Waals surface area contributed by atoms with Crippen LogP contribution in [0.2, 0.25) is 0 Å². The Balaban J connectivity index is 2.38. The summed E-state index contributed by atoms with van der Waals surface area (Å²) in [7, 11) is 0. The molecule has 0 aliphatic rings. The Morgan fingerprint density at radius 2 is 2.27 bits per heavy atom. The van der Waals surface area contributed by atoms with Gasteiger partial charge in [-0.3, -0.25) is 0 Å². The van der Waals surface area contributed by atoms with Crippen LogP contribution in [0.5, 0.6) is 0 Å². The second-order valence-corrected chi connectivity index (χ2v) is 4.01. The molecule has 1 rings (SSSR count). The molecule has 7 heteroatoms. The first-order chi connectivity index (χ1) is 6.88. The summed E-state index contributed by atoms with van der Waals surface area (Å²) in [6, 6.07) is -0.211. The fraction of sp³-hybridized carbons (Fsp3) is 0.625. The Kier molecular flexibility index (Phi) is 4.06. The molecule has 86 valence electrons. The van der Waals surface area contributed by atoms with E-state index in [4.69, 9.17) is 5.73 Å². The third-order valence-corrected chi connectivity index (χ3v) is 2.37. The maximum Gasteiger partial charge on any atom is 0.411 e. The SMILES string of the molecule is CC(N)c1csc(COCC(F)(F)F)n1. The van der Waals surface area contributed by atoms with Gasteiger partial charge in [-0.15, -0.1) is 11.3 Å². The average Bonchev–Trinajstić information content (AvgIpc) is 2.50. The molecule has 0 saturated carbocycles. The van der Waals surface area contributed by atoms with E-state index in [2.05, 4.69) is 9.72 Å². The molecule has 0 saturated heterocycles. The van der Waals surface area contributed by atoms with Crippen molar-refractivity contribution in [2.45, 2.75) is 25.7 Å². The van der Waals surface area contributed by atoms with Gasteiger partial charge >= 0.3 is 6.18 Å². The second-order valence-electron chi connectivity index (χ2n) is 3.06. The van der Waals surface area contributed by atoms with Crippen molar-refractivity contribution in [2.75, 3.05) is 6.61 Å². The van der Waals surface area contributed by atoms with Crippen LogP contribution in [0.1, 0.15) is 23.7 Å². The number of nitrogens with zero attached hydrogens (tertiary/aromatic N) is 1. The molecule has 0 amide bonds. The first kappa shape index (κ1) is 12.4. The van der Waals surface area contributed by atoms with Crippen LogP contribution in [0, 0.1) is 0 Å². The Morgan fingerprint density at radius 1 is 1.60 bits per heavy atom. The van der Waals surface area contributed by atoms with E-state index < -0.39 is 12.8 Å². The van der Waals surface area contributed by atoms with Gasteiger partial charge in [-0.25, -0.2) is 4.98 Å². The van der Waals surface area contributed by atoms with Gasteiger partial charge in [0.15, 0.2) is 0 Å². The quantitative estimate of drug-likeness (QED) is 0.878. The van der Waals surface area contributed by atoms with Gasteiger partial charge in [0.05, 0.1) is 12.3 Å². The van der Waals surface area contributed by atoms with Crippen LogP contribution in [-0.4, -0.2) is 17.8 Å². The van der Waals surface area contributed by atoms with E-state index >= 15 is 0 Å². The number of hydrogen-bond acceptors (Lipinski definition) is 4. The molecule has 1 aromatic rings. The fourth-order valence-electron chi connectivity index (χ4n) is 0.855. The number of halogens is 3. The van der Waals surface area contributed by atoms with Crippen LogP contribution in [0.25, 0.3) is 0 Å². The van der Waals surface area contributed by atoms with Crippen molar-refractivity contribution >= 4 is 11.3 Å². The Morgan fingerprint density at radius 3 is 2.73 bits per heavy atom. The zero-order chi connectivity index (χ0) is 11.5. The van der Waals surface area contributed by atoms with Crippen molar-refractivity contribution in [3.8, 4) is 0 Å². The third kappa shape index (κ3) is 4.59. The summed E-state index contributed by atoms with van der Waals surface area (Å²) in [5.41, 5.74) is 6.22. The molecule has 3 nitrogen and oxygen atoms in total. The van der Waals surface area contributed by atoms with Gasteiger partial charge in [0, 0.05) is 11.4 Å². The van der Waals surface area contributed by atoms with Crippen molar-refractivity contribution in [3.63, 3.8) is 0 Å². The number of thiazole rings is 1. The summed E-state index contributed by atoms with van der Waals surface area (Å²) in [4.78, 5) is 4.03. The number of rotatable bonds is 4. The van der Waals surface area contributed by atoms with Gasteiger partial charge in [-0.2, -0.15) is 13.2 Å². The number of nitrogens with two attached hydrogens (primary N) is 1. The maximum atomic E-state index is 11.7. The first-order valence-electron chi connectivity index (χ1n) is 4.23. The zero-order valence-corrected chi connectivity index (χ0v) is 8.86. The highest BCUT2D eigenvalue weighted by Crippen LogP contribution is 2.18. The molecule has 0 aromatic carbocycles. The molecule has 1 atom stereocenters. The first-order valence-corrected chi connectivity index (χ1v) is 5.11. The number of hydrogen-bond donors (Lipinski definition) is 1. The van der Waals surface area contributed by atoms with Crippen LogP contribution in [0.3, 0.4) is 0 Å². The Labute approximate surface area is 89.1 Å². The van der Waals surface area contributed by atoms with Crippen molar-refractivity contribution < 1.29 is 17.9 Å². The molecular formula is C8H11F3N2OS. The van der Waals surface area contributed by atoms with Gasteiger partial charge in [0.1, 0.15) is 11.6 Å². The minimum atomic E-state index is -4.29. The largest absolute Gasteiger partial charge is 0.411 e. The summed E-state index contributed by atoms with van der Waals surface area (Å²) >= 11 is 1.24. The lowest BCUT2D eigenvalue weighted by Crippen LogP contribution is -2.16. The van der Waals surface area contributed by atoms with Crippen molar-refractivity contribution in [1.29, 1.82) is 0 Å². The molecule has 0 bridgehead atoms. The Hall–Kier alpha value is -0.660. The van der Waals surface area contributed by atoms with E-state index in [-0.39, 0.29) is 12.6 Å². The standard InChI is InChI=1S/C8H11F3N2OS/c1-5(12)6-3-15-7(13-6)2-14-4-8(9,10)11/h3,5H,2,4,12H2,1H3. The molecule has 0 aliphatic carbocycles. The summed E-state index contributed by atoms with van der Waals surface area (Å²) in [5, 5.41) is 2.23. The van der Waals surface area contributed by atoms with Crippen molar-refractivity contribution in [2.24, 2.45) is 5.73 Å². The van der Waals surface area contributed by atoms with Gasteiger partial charge in [0.2, 0.25) is 0 Å². The molecule has 0 spiro atoms. The number of aromatic nitrogens is 1. The van der Waals surface area contributed by atoms with Crippen LogP contribution >= 0.6 is 11.3 Å². The van der Waals surface area contributed by atoms with Gasteiger partial charge in [-0.05, 0) is 6.92 Å². The predicted molar refractivity (Wildman–Crippen MR) is 50.4 cm³/mol. The minimum Gasteiger partial charge on any atom is -0.365 e. The monoisotopic (exact) mass is 240 g/mol. The molecule has 0 aliphatic heterocycles. The van der Waals surface area contributed by atoms with Crippen molar-refractivity contribution in [1.82, 2.24) is 4.98 Å². The van der Waals surface area contributed by atoms with E-state index in [9.17, 15) is 13.2 Å². The molecule has 0 fully saturated rings. The van der Waals surface area contributed by atoms with E-state index in [1.54, 1.807) is 12.3 Å². The highest BCUT2D eigenvalue weighted by molar-refractivity contribution is 7.09. The van der Waals surface area contributed by atoms with Crippen LogP contribution in [0.15, 0.2) is 5.38 Å². The van der Waals surface area contributed by atoms with E-state index in [1.165, 1.54) is 11.3 Å². The van der Waals surface area contributed by atoms with Gasteiger partial charge in [-0.1, -0.05) is 0 Å². The Bertz CT molecular complexity index is 311. The van der Waals surface area contributed by atoms with Gasteiger partial charge < -0.3 is 10.5 Å². The molecule has 0 radical (unpaired) electrons. The maximum absolute atomic E-state index is 11.7. The second kappa shape index (κ2) is 4.91. The summed E-state index contributed by atoms with van der Waals surface area (Å²) in [6.07, 6.45) is -4.29. The summed E-state index contributed by atoms with van der Waals surface area (Å²) < 4.78 is 39.6. The lowest BCUT2D eigenvalue weighted by Gasteiger charge is -2.05. The zero-order valence-electron chi connectivity index (χ0n) is 8.04. The van der Waals surface area contributed by atoms with E-state index in [1.807, 2.05) is 0 Å². The fourth-order valence-corrected chi connectivity index (χ4v) is 1.69. The van der Waals surface area contributed by atoms with Crippen LogP contribution in [0.4, 0.5) is 13.2 Å². The lowest BCUT2D eigenvalue weighted by atomic mass is 10.3. The summed E-state index contributed by atoms with van der Waals surface area (Å²) in [6.45, 7) is 0.381. The highest BCUT2D eigenvalue weighted by Gasteiger charge is 2.27. The molecule has 1 unspecified atom stereocenters. The topological polar surface area (TPSA) is 48.1 Å². The third-order valence-electron chi connectivity index (χ3n) is 1.53. The van der Waals surface area contributed by atoms with E-state index in [0.717, 1.165) is 0 Å². The molecular weight excluding hydrogens is 229 g/mol. The minimum absolute atomic E-state index is 0.128. The molecule has 1 aromatic heterocycles. The average molecular weight is 240 g/mol. The predicted octanol–water partition coefficient (Wildman–Crippen LogP) is 2.24. The molecule has 2 N–H and O–H groups in total. The van der Waals surface area contributed by atoms with Crippen LogP contribution in [-0.2, 0) is 11.3 Å². The highest BCUT2D eigenvalue weighted by atomic mass is 32.1.